The lowest BCUT2D eigenvalue weighted by atomic mass is 9.96. The van der Waals surface area contributed by atoms with Crippen LogP contribution in [-0.4, -0.2) is 61.6 Å². The van der Waals surface area contributed by atoms with E-state index in [1.54, 1.807) is 0 Å². The molecule has 0 spiro atoms. The Balaban J connectivity index is 1.56. The number of aliphatic hydroxyl groups is 1. The van der Waals surface area contributed by atoms with E-state index in [0.29, 0.717) is 6.04 Å². The lowest BCUT2D eigenvalue weighted by Crippen LogP contribution is -2.60. The van der Waals surface area contributed by atoms with Crippen LogP contribution >= 0.6 is 0 Å². The van der Waals surface area contributed by atoms with Crippen LogP contribution in [0.15, 0.2) is 30.3 Å². The van der Waals surface area contributed by atoms with E-state index < -0.39 is 44.3 Å². The van der Waals surface area contributed by atoms with Gasteiger partial charge in [0.2, 0.25) is 0 Å². The molecule has 3 aliphatic heterocycles. The summed E-state index contributed by atoms with van der Waals surface area (Å²) in [5, 5.41) is 12.5. The van der Waals surface area contributed by atoms with Gasteiger partial charge in [-0.05, 0) is 33.7 Å². The summed E-state index contributed by atoms with van der Waals surface area (Å²) in [5.74, 6) is -1.51. The first-order valence-electron chi connectivity index (χ1n) is 10.1. The van der Waals surface area contributed by atoms with Gasteiger partial charge in [-0.15, -0.1) is 0 Å². The van der Waals surface area contributed by atoms with E-state index in [2.05, 4.69) is 37.4 Å². The fraction of sp³-hybridized carbons (Fsp3) is 0.714. The van der Waals surface area contributed by atoms with Crippen molar-refractivity contribution in [3.05, 3.63) is 30.3 Å². The largest absolute Gasteiger partial charge is 0.391 e. The number of aliphatic hydroxyl groups excluding tert-OH is 1. The molecular weight excluding hydrogens is 376 g/mol. The van der Waals surface area contributed by atoms with E-state index in [0.717, 1.165) is 0 Å². The minimum absolute atomic E-state index is 0.336. The van der Waals surface area contributed by atoms with Crippen molar-refractivity contribution in [2.45, 2.75) is 95.2 Å². The maximum Gasteiger partial charge on any atom is 0.190 e. The fourth-order valence-electron chi connectivity index (χ4n) is 4.60. The molecule has 7 heteroatoms. The lowest BCUT2D eigenvalue weighted by Gasteiger charge is -2.40. The molecule has 0 unspecified atom stereocenters. The van der Waals surface area contributed by atoms with E-state index in [9.17, 15) is 5.11 Å². The summed E-state index contributed by atoms with van der Waals surface area (Å²) in [6, 6.07) is 11.1. The Morgan fingerprint density at radius 3 is 2.14 bits per heavy atom. The molecule has 1 N–H and O–H groups in total. The quantitative estimate of drug-likeness (QED) is 0.772. The number of hydrogen-bond acceptors (Lipinski definition) is 6. The van der Waals surface area contributed by atoms with E-state index in [1.807, 2.05) is 33.8 Å². The summed E-state index contributed by atoms with van der Waals surface area (Å²) in [5.41, 5.74) is 0. The molecule has 0 bridgehead atoms. The normalized spacial score (nSPS) is 37.3. The fourth-order valence-corrected chi connectivity index (χ4v) is 7.21. The topological polar surface area (TPSA) is 66.4 Å². The Bertz CT molecular complexity index is 706. The van der Waals surface area contributed by atoms with Gasteiger partial charge in [0.1, 0.15) is 24.4 Å². The summed E-state index contributed by atoms with van der Waals surface area (Å²) in [6.07, 6.45) is -2.89. The van der Waals surface area contributed by atoms with Crippen LogP contribution in [0.3, 0.4) is 0 Å². The first-order chi connectivity index (χ1) is 13.0. The summed E-state index contributed by atoms with van der Waals surface area (Å²) < 4.78 is 30.5. The van der Waals surface area contributed by atoms with Gasteiger partial charge < -0.3 is 28.8 Å². The highest BCUT2D eigenvalue weighted by molar-refractivity contribution is 6.89. The molecule has 3 heterocycles. The van der Waals surface area contributed by atoms with Crippen LogP contribution in [0.4, 0.5) is 0 Å². The highest BCUT2D eigenvalue weighted by Gasteiger charge is 2.62. The Kier molecular flexibility index (Phi) is 5.02. The highest BCUT2D eigenvalue weighted by Crippen LogP contribution is 2.45. The van der Waals surface area contributed by atoms with Crippen molar-refractivity contribution < 1.29 is 28.8 Å². The molecule has 3 aliphatic rings. The molecule has 6 atom stereocenters. The molecule has 1 aromatic rings. The number of fused-ring (bicyclic) bond motifs is 3. The van der Waals surface area contributed by atoms with Crippen LogP contribution in [0.1, 0.15) is 27.7 Å². The van der Waals surface area contributed by atoms with Crippen molar-refractivity contribution >= 4 is 13.3 Å². The van der Waals surface area contributed by atoms with Crippen LogP contribution in [0.2, 0.25) is 19.1 Å². The number of benzene rings is 1. The zero-order chi connectivity index (χ0) is 20.3. The molecule has 156 valence electrons. The van der Waals surface area contributed by atoms with Crippen LogP contribution in [0.25, 0.3) is 0 Å². The summed E-state index contributed by atoms with van der Waals surface area (Å²) in [6.45, 7) is 12.0. The van der Waals surface area contributed by atoms with E-state index >= 15 is 0 Å². The molecule has 4 rings (SSSR count). The van der Waals surface area contributed by atoms with Crippen molar-refractivity contribution in [3.8, 4) is 0 Å². The van der Waals surface area contributed by atoms with Gasteiger partial charge in [0.05, 0.1) is 14.2 Å². The number of rotatable bonds is 4. The van der Waals surface area contributed by atoms with Gasteiger partial charge in [0, 0.05) is 0 Å². The molecule has 0 aromatic heterocycles. The van der Waals surface area contributed by atoms with Gasteiger partial charge in [0.25, 0.3) is 0 Å². The van der Waals surface area contributed by atoms with Gasteiger partial charge in [0.15, 0.2) is 17.9 Å². The molecule has 1 aromatic carbocycles. The predicted molar refractivity (Wildman–Crippen MR) is 107 cm³/mol. The standard InChI is InChI=1S/C21H32O6Si/c1-20(2)24-16-15(14(22)12-28(5,6)13-10-8-7-9-11-13)23-19-18(17(16)25-20)26-21(3,4)27-19/h7-11,14-19,22H,12H2,1-6H3/t14-,15-,16+,17+,18-,19-/m1/s1. The van der Waals surface area contributed by atoms with Crippen molar-refractivity contribution in [1.29, 1.82) is 0 Å². The Labute approximate surface area is 168 Å². The summed E-state index contributed by atoms with van der Waals surface area (Å²) in [4.78, 5) is 0. The third-order valence-corrected chi connectivity index (χ3v) is 9.18. The minimum Gasteiger partial charge on any atom is -0.391 e. The van der Waals surface area contributed by atoms with E-state index in [-0.39, 0.29) is 12.2 Å². The second-order valence-corrected chi connectivity index (χ2v) is 14.4. The van der Waals surface area contributed by atoms with Crippen LogP contribution in [-0.2, 0) is 23.7 Å². The maximum absolute atomic E-state index is 11.2. The smallest absolute Gasteiger partial charge is 0.190 e. The number of ether oxygens (including phenoxy) is 5. The van der Waals surface area contributed by atoms with Gasteiger partial charge in [-0.25, -0.2) is 0 Å². The molecule has 0 aliphatic carbocycles. The monoisotopic (exact) mass is 408 g/mol. The summed E-state index contributed by atoms with van der Waals surface area (Å²) in [7, 11) is -1.87. The third kappa shape index (κ3) is 3.81. The second-order valence-electron chi connectivity index (χ2n) is 9.66. The highest BCUT2D eigenvalue weighted by atomic mass is 28.3. The molecular formula is C21H32O6Si. The average molecular weight is 409 g/mol. The molecule has 28 heavy (non-hydrogen) atoms. The van der Waals surface area contributed by atoms with Crippen molar-refractivity contribution in [2.75, 3.05) is 0 Å². The average Bonchev–Trinajstić information content (AvgIpc) is 3.08. The first-order valence-corrected chi connectivity index (χ1v) is 13.3. The zero-order valence-corrected chi connectivity index (χ0v) is 18.5. The van der Waals surface area contributed by atoms with Gasteiger partial charge >= 0.3 is 0 Å². The van der Waals surface area contributed by atoms with Crippen LogP contribution < -0.4 is 5.19 Å². The molecule has 0 radical (unpaired) electrons. The van der Waals surface area contributed by atoms with Crippen molar-refractivity contribution in [2.24, 2.45) is 0 Å². The Hall–Kier alpha value is -0.803. The molecule has 3 saturated heterocycles. The van der Waals surface area contributed by atoms with Crippen molar-refractivity contribution in [3.63, 3.8) is 0 Å². The predicted octanol–water partition coefficient (Wildman–Crippen LogP) is 2.36. The Morgan fingerprint density at radius 2 is 1.46 bits per heavy atom. The molecule has 3 fully saturated rings. The number of hydrogen-bond donors (Lipinski definition) is 1. The maximum atomic E-state index is 11.2. The van der Waals surface area contributed by atoms with Gasteiger partial charge in [-0.3, -0.25) is 0 Å². The lowest BCUT2D eigenvalue weighted by molar-refractivity contribution is -0.250. The van der Waals surface area contributed by atoms with Crippen LogP contribution in [0.5, 0.6) is 0 Å². The first kappa shape index (κ1) is 20.5. The summed E-state index contributed by atoms with van der Waals surface area (Å²) >= 11 is 0. The second kappa shape index (κ2) is 6.87. The van der Waals surface area contributed by atoms with Crippen molar-refractivity contribution in [1.82, 2.24) is 0 Å². The van der Waals surface area contributed by atoms with Gasteiger partial charge in [-0.1, -0.05) is 48.6 Å². The SMILES string of the molecule is CC1(C)O[C@@H]2[C@H](O1)[C@H]1OC(C)(C)O[C@H]1O[C@@H]2[C@H](O)C[Si](C)(C)c1ccccc1. The van der Waals surface area contributed by atoms with Crippen LogP contribution in [0, 0.1) is 0 Å². The van der Waals surface area contributed by atoms with E-state index in [4.69, 9.17) is 23.7 Å². The molecule has 6 nitrogen and oxygen atoms in total. The third-order valence-electron chi connectivity index (χ3n) is 5.84. The van der Waals surface area contributed by atoms with E-state index in [1.165, 1.54) is 5.19 Å². The molecule has 0 amide bonds. The zero-order valence-electron chi connectivity index (χ0n) is 17.5. The van der Waals surface area contributed by atoms with Gasteiger partial charge in [-0.2, -0.15) is 0 Å². The Morgan fingerprint density at radius 1 is 0.893 bits per heavy atom. The minimum atomic E-state index is -1.87. The molecule has 0 saturated carbocycles.